The van der Waals surface area contributed by atoms with Gasteiger partial charge in [0.1, 0.15) is 11.8 Å². The first kappa shape index (κ1) is 13.1. The Morgan fingerprint density at radius 3 is 2.68 bits per heavy atom. The third-order valence-electron chi connectivity index (χ3n) is 2.92. The van der Waals surface area contributed by atoms with Gasteiger partial charge in [0.05, 0.1) is 11.8 Å². The van der Waals surface area contributed by atoms with E-state index in [4.69, 9.17) is 10.00 Å². The second-order valence-electron chi connectivity index (χ2n) is 4.78. The van der Waals surface area contributed by atoms with Gasteiger partial charge in [0.15, 0.2) is 5.75 Å². The molecule has 1 aromatic heterocycles. The molecule has 3 heteroatoms. The number of aromatic nitrogens is 1. The van der Waals surface area contributed by atoms with Gasteiger partial charge < -0.3 is 4.74 Å². The molecule has 1 aromatic carbocycles. The number of rotatable bonds is 3. The second kappa shape index (κ2) is 5.53. The molecule has 0 aliphatic carbocycles. The van der Waals surface area contributed by atoms with Crippen LogP contribution < -0.4 is 4.74 Å². The molecular formula is C16H16N2O. The first-order chi connectivity index (χ1) is 9.11. The quantitative estimate of drug-likeness (QED) is 0.823. The second-order valence-corrected chi connectivity index (χ2v) is 4.78. The molecule has 0 unspecified atom stereocenters. The van der Waals surface area contributed by atoms with Crippen LogP contribution in [0.2, 0.25) is 0 Å². The first-order valence-corrected chi connectivity index (χ1v) is 6.24. The highest BCUT2D eigenvalue weighted by atomic mass is 16.5. The summed E-state index contributed by atoms with van der Waals surface area (Å²) in [6.07, 6.45) is 3.16. The molecule has 0 radical (unpaired) electrons. The molecule has 0 amide bonds. The molecule has 0 aliphatic rings. The van der Waals surface area contributed by atoms with E-state index < -0.39 is 0 Å². The summed E-state index contributed by atoms with van der Waals surface area (Å²) in [5.74, 6) is 1.65. The Hall–Kier alpha value is -2.34. The van der Waals surface area contributed by atoms with Crippen molar-refractivity contribution in [1.82, 2.24) is 4.98 Å². The molecule has 2 aromatic rings. The molecule has 1 heterocycles. The van der Waals surface area contributed by atoms with Gasteiger partial charge in [-0.25, -0.2) is 0 Å². The lowest BCUT2D eigenvalue weighted by Crippen LogP contribution is -1.96. The highest BCUT2D eigenvalue weighted by Gasteiger charge is 2.11. The molecule has 0 atom stereocenters. The van der Waals surface area contributed by atoms with Crippen molar-refractivity contribution in [2.45, 2.75) is 26.7 Å². The average Bonchev–Trinajstić information content (AvgIpc) is 2.39. The molecule has 0 bridgehead atoms. The number of nitriles is 1. The largest absolute Gasteiger partial charge is 0.454 e. The highest BCUT2D eigenvalue weighted by molar-refractivity contribution is 5.46. The summed E-state index contributed by atoms with van der Waals surface area (Å²) in [5, 5.41) is 9.07. The monoisotopic (exact) mass is 252 g/mol. The van der Waals surface area contributed by atoms with Crippen molar-refractivity contribution < 1.29 is 4.74 Å². The maximum Gasteiger partial charge on any atom is 0.163 e. The SMILES string of the molecule is Cc1ccc(C(C)C)c(Oc2cnccc2C#N)c1. The Morgan fingerprint density at radius 2 is 2.00 bits per heavy atom. The van der Waals surface area contributed by atoms with Gasteiger partial charge in [-0.2, -0.15) is 5.26 Å². The minimum Gasteiger partial charge on any atom is -0.454 e. The van der Waals surface area contributed by atoms with Crippen molar-refractivity contribution in [3.8, 4) is 17.6 Å². The first-order valence-electron chi connectivity index (χ1n) is 6.24. The number of nitrogens with zero attached hydrogens (tertiary/aromatic N) is 2. The molecule has 19 heavy (non-hydrogen) atoms. The van der Waals surface area contributed by atoms with Crippen molar-refractivity contribution in [3.05, 3.63) is 53.3 Å². The van der Waals surface area contributed by atoms with E-state index in [-0.39, 0.29) is 0 Å². The molecule has 0 fully saturated rings. The van der Waals surface area contributed by atoms with Gasteiger partial charge in [-0.15, -0.1) is 0 Å². The minimum absolute atomic E-state index is 0.359. The van der Waals surface area contributed by atoms with Crippen LogP contribution in [-0.2, 0) is 0 Å². The zero-order valence-electron chi connectivity index (χ0n) is 11.3. The van der Waals surface area contributed by atoms with Crippen LogP contribution in [0.4, 0.5) is 0 Å². The molecule has 0 aliphatic heterocycles. The number of hydrogen-bond acceptors (Lipinski definition) is 3. The van der Waals surface area contributed by atoms with E-state index >= 15 is 0 Å². The van der Waals surface area contributed by atoms with E-state index in [1.54, 1.807) is 18.5 Å². The predicted molar refractivity (Wildman–Crippen MR) is 74.3 cm³/mol. The van der Waals surface area contributed by atoms with E-state index in [0.717, 1.165) is 16.9 Å². The Labute approximate surface area is 113 Å². The molecule has 0 spiro atoms. The van der Waals surface area contributed by atoms with Gasteiger partial charge in [0.25, 0.3) is 0 Å². The normalized spacial score (nSPS) is 10.3. The van der Waals surface area contributed by atoms with E-state index in [9.17, 15) is 0 Å². The summed E-state index contributed by atoms with van der Waals surface area (Å²) >= 11 is 0. The fourth-order valence-corrected chi connectivity index (χ4v) is 1.88. The third-order valence-corrected chi connectivity index (χ3v) is 2.92. The highest BCUT2D eigenvalue weighted by Crippen LogP contribution is 2.32. The van der Waals surface area contributed by atoms with E-state index in [1.165, 1.54) is 0 Å². The zero-order valence-corrected chi connectivity index (χ0v) is 11.3. The Kier molecular flexibility index (Phi) is 3.82. The predicted octanol–water partition coefficient (Wildman–Crippen LogP) is 4.18. The Morgan fingerprint density at radius 1 is 1.21 bits per heavy atom. The van der Waals surface area contributed by atoms with Crippen LogP contribution in [-0.4, -0.2) is 4.98 Å². The lowest BCUT2D eigenvalue weighted by Gasteiger charge is -2.14. The number of pyridine rings is 1. The van der Waals surface area contributed by atoms with Gasteiger partial charge in [0.2, 0.25) is 0 Å². The lowest BCUT2D eigenvalue weighted by molar-refractivity contribution is 0.469. The molecule has 96 valence electrons. The Balaban J connectivity index is 2.43. The number of ether oxygens (including phenoxy) is 1. The van der Waals surface area contributed by atoms with E-state index in [0.29, 0.717) is 17.2 Å². The molecule has 3 nitrogen and oxygen atoms in total. The van der Waals surface area contributed by atoms with Crippen LogP contribution in [0.3, 0.4) is 0 Å². The third kappa shape index (κ3) is 2.92. The maximum absolute atomic E-state index is 9.07. The van der Waals surface area contributed by atoms with Gasteiger partial charge in [-0.05, 0) is 36.1 Å². The molecule has 0 saturated carbocycles. The number of aryl methyl sites for hydroxylation is 1. The molecule has 0 saturated heterocycles. The fraction of sp³-hybridized carbons (Fsp3) is 0.250. The molecule has 2 rings (SSSR count). The summed E-state index contributed by atoms with van der Waals surface area (Å²) in [4.78, 5) is 4.01. The van der Waals surface area contributed by atoms with Crippen LogP contribution >= 0.6 is 0 Å². The topological polar surface area (TPSA) is 45.9 Å². The van der Waals surface area contributed by atoms with Crippen LogP contribution in [0.1, 0.15) is 36.5 Å². The summed E-state index contributed by atoms with van der Waals surface area (Å²) in [6.45, 7) is 6.25. The van der Waals surface area contributed by atoms with Crippen molar-refractivity contribution in [2.75, 3.05) is 0 Å². The summed E-state index contributed by atoms with van der Waals surface area (Å²) in [5.41, 5.74) is 2.74. The van der Waals surface area contributed by atoms with Crippen molar-refractivity contribution in [1.29, 1.82) is 5.26 Å². The average molecular weight is 252 g/mol. The summed E-state index contributed by atoms with van der Waals surface area (Å²) < 4.78 is 5.89. The fourth-order valence-electron chi connectivity index (χ4n) is 1.88. The lowest BCUT2D eigenvalue weighted by atomic mass is 10.0. The van der Waals surface area contributed by atoms with Crippen LogP contribution in [0, 0.1) is 18.3 Å². The van der Waals surface area contributed by atoms with Gasteiger partial charge in [0, 0.05) is 6.20 Å². The smallest absolute Gasteiger partial charge is 0.163 e. The van der Waals surface area contributed by atoms with E-state index in [1.807, 2.05) is 13.0 Å². The van der Waals surface area contributed by atoms with Gasteiger partial charge in [-0.3, -0.25) is 4.98 Å². The van der Waals surface area contributed by atoms with E-state index in [2.05, 4.69) is 37.0 Å². The van der Waals surface area contributed by atoms with Crippen molar-refractivity contribution in [2.24, 2.45) is 0 Å². The van der Waals surface area contributed by atoms with Crippen LogP contribution in [0.25, 0.3) is 0 Å². The summed E-state index contributed by atoms with van der Waals surface area (Å²) in [6, 6.07) is 9.89. The van der Waals surface area contributed by atoms with Crippen molar-refractivity contribution in [3.63, 3.8) is 0 Å². The maximum atomic E-state index is 9.07. The number of hydrogen-bond donors (Lipinski definition) is 0. The number of benzene rings is 1. The molecular weight excluding hydrogens is 236 g/mol. The minimum atomic E-state index is 0.359. The van der Waals surface area contributed by atoms with Gasteiger partial charge >= 0.3 is 0 Å². The van der Waals surface area contributed by atoms with Crippen LogP contribution in [0.15, 0.2) is 36.7 Å². The summed E-state index contributed by atoms with van der Waals surface area (Å²) in [7, 11) is 0. The Bertz CT molecular complexity index is 627. The van der Waals surface area contributed by atoms with Gasteiger partial charge in [-0.1, -0.05) is 26.0 Å². The standard InChI is InChI=1S/C16H16N2O/c1-11(2)14-5-4-12(3)8-15(14)19-16-10-18-7-6-13(16)9-17/h4-8,10-11H,1-3H3. The van der Waals surface area contributed by atoms with Crippen LogP contribution in [0.5, 0.6) is 11.5 Å². The zero-order chi connectivity index (χ0) is 13.8. The molecule has 0 N–H and O–H groups in total. The van der Waals surface area contributed by atoms with Crippen molar-refractivity contribution >= 4 is 0 Å².